The fourth-order valence-corrected chi connectivity index (χ4v) is 3.90. The van der Waals surface area contributed by atoms with Crippen molar-refractivity contribution in [2.45, 2.75) is 0 Å². The van der Waals surface area contributed by atoms with E-state index in [1.807, 2.05) is 12.2 Å². The molecule has 1 heterocycles. The van der Waals surface area contributed by atoms with E-state index >= 15 is 0 Å². The number of rotatable bonds is 0. The molecular weight excluding hydrogens is 209 g/mol. The molecule has 4 heteroatoms. The van der Waals surface area contributed by atoms with Crippen LogP contribution >= 0.6 is 0 Å². The summed E-state index contributed by atoms with van der Waals surface area (Å²) in [5.74, 6) is -1.18. The molecule has 3 nitrogen and oxygen atoms in total. The molecule has 1 N–H and O–H groups in total. The van der Waals surface area contributed by atoms with Crippen molar-refractivity contribution in [3.63, 3.8) is 0 Å². The van der Waals surface area contributed by atoms with Gasteiger partial charge in [-0.05, 0) is 23.8 Å². The normalized spacial score (nSPS) is 51.7. The number of halogens is 1. The van der Waals surface area contributed by atoms with Gasteiger partial charge in [0.25, 0.3) is 0 Å². The molecule has 4 aliphatic carbocycles. The lowest BCUT2D eigenvalue weighted by Gasteiger charge is -2.52. The van der Waals surface area contributed by atoms with Crippen LogP contribution in [0.5, 0.6) is 0 Å². The second-order valence-corrected chi connectivity index (χ2v) is 5.10. The number of amides is 2. The van der Waals surface area contributed by atoms with Crippen molar-refractivity contribution in [2.75, 3.05) is 0 Å². The van der Waals surface area contributed by atoms with Crippen LogP contribution in [-0.2, 0) is 9.59 Å². The Kier molecular flexibility index (Phi) is 1.32. The molecule has 0 aromatic heterocycles. The van der Waals surface area contributed by atoms with Gasteiger partial charge < -0.3 is 0 Å². The van der Waals surface area contributed by atoms with Gasteiger partial charge >= 0.3 is 0 Å². The standard InChI is InChI=1S/C12H10FNO2/c13-7-3-6-4-1-2-5(8(6)7)10-9(4)11(15)14-12(10)16/h1-6,8-10H,(H,14,15,16)/t4-,5-,6-,8-,9-,10-/m1/s1. The second-order valence-electron chi connectivity index (χ2n) is 5.10. The first-order chi connectivity index (χ1) is 7.68. The maximum atomic E-state index is 13.4. The first kappa shape index (κ1) is 8.67. The third kappa shape index (κ3) is 0.740. The van der Waals surface area contributed by atoms with E-state index in [1.54, 1.807) is 6.08 Å². The highest BCUT2D eigenvalue weighted by molar-refractivity contribution is 6.06. The number of nitrogens with one attached hydrogen (secondary N) is 1. The lowest BCUT2D eigenvalue weighted by Crippen LogP contribution is -2.52. The van der Waals surface area contributed by atoms with E-state index in [9.17, 15) is 14.0 Å². The molecule has 1 aliphatic heterocycles. The molecule has 0 unspecified atom stereocenters. The Morgan fingerprint density at radius 1 is 0.938 bits per heavy atom. The van der Waals surface area contributed by atoms with Crippen LogP contribution in [-0.4, -0.2) is 11.8 Å². The van der Waals surface area contributed by atoms with Gasteiger partial charge in [-0.1, -0.05) is 12.2 Å². The highest BCUT2D eigenvalue weighted by atomic mass is 19.1. The second kappa shape index (κ2) is 2.44. The van der Waals surface area contributed by atoms with E-state index in [-0.39, 0.29) is 53.1 Å². The van der Waals surface area contributed by atoms with Crippen LogP contribution in [0.4, 0.5) is 4.39 Å². The van der Waals surface area contributed by atoms with Gasteiger partial charge in [-0.2, -0.15) is 0 Å². The van der Waals surface area contributed by atoms with E-state index in [2.05, 4.69) is 5.32 Å². The van der Waals surface area contributed by atoms with Crippen molar-refractivity contribution in [1.29, 1.82) is 0 Å². The summed E-state index contributed by atoms with van der Waals surface area (Å²) >= 11 is 0. The Hall–Kier alpha value is -1.45. The van der Waals surface area contributed by atoms with Crippen molar-refractivity contribution in [2.24, 2.45) is 35.5 Å². The summed E-state index contributed by atoms with van der Waals surface area (Å²) in [6, 6.07) is 0. The van der Waals surface area contributed by atoms with Gasteiger partial charge in [-0.25, -0.2) is 4.39 Å². The van der Waals surface area contributed by atoms with Crippen molar-refractivity contribution < 1.29 is 14.0 Å². The van der Waals surface area contributed by atoms with E-state index < -0.39 is 0 Å². The third-order valence-electron chi connectivity index (χ3n) is 4.57. The zero-order valence-electron chi connectivity index (χ0n) is 8.39. The zero-order chi connectivity index (χ0) is 11.0. The van der Waals surface area contributed by atoms with E-state index in [4.69, 9.17) is 0 Å². The monoisotopic (exact) mass is 219 g/mol. The highest BCUT2D eigenvalue weighted by Gasteiger charge is 2.62. The molecule has 5 aliphatic rings. The molecule has 2 bridgehead atoms. The zero-order valence-corrected chi connectivity index (χ0v) is 8.39. The quantitative estimate of drug-likeness (QED) is 0.483. The minimum absolute atomic E-state index is 0.0194. The van der Waals surface area contributed by atoms with E-state index in [1.165, 1.54) is 0 Å². The molecule has 0 spiro atoms. The summed E-state index contributed by atoms with van der Waals surface area (Å²) in [6.45, 7) is 0. The van der Waals surface area contributed by atoms with Gasteiger partial charge in [0.2, 0.25) is 11.8 Å². The fraction of sp³-hybridized carbons (Fsp3) is 0.500. The van der Waals surface area contributed by atoms with Gasteiger partial charge in [0.15, 0.2) is 0 Å². The summed E-state index contributed by atoms with van der Waals surface area (Å²) in [6.07, 6.45) is 5.53. The Morgan fingerprint density at radius 2 is 1.56 bits per heavy atom. The predicted molar refractivity (Wildman–Crippen MR) is 52.4 cm³/mol. The Bertz CT molecular complexity index is 481. The summed E-state index contributed by atoms with van der Waals surface area (Å²) < 4.78 is 13.4. The fourth-order valence-electron chi connectivity index (χ4n) is 3.90. The average Bonchev–Trinajstić information content (AvgIpc) is 2.54. The molecule has 5 rings (SSSR count). The number of hydrogen-bond donors (Lipinski definition) is 1. The molecule has 0 aromatic carbocycles. The van der Waals surface area contributed by atoms with Crippen molar-refractivity contribution >= 4 is 11.8 Å². The number of allylic oxidation sites excluding steroid dienone is 4. The number of hydrogen-bond acceptors (Lipinski definition) is 2. The number of carbonyl (C=O) groups is 2. The minimum atomic E-state index is -0.330. The van der Waals surface area contributed by atoms with Crippen molar-refractivity contribution in [1.82, 2.24) is 5.32 Å². The molecule has 1 saturated heterocycles. The maximum absolute atomic E-state index is 13.4. The summed E-state index contributed by atoms with van der Waals surface area (Å²) in [4.78, 5) is 23.4. The predicted octanol–water partition coefficient (Wildman–Crippen LogP) is 0.790. The minimum Gasteiger partial charge on any atom is -0.296 e. The molecule has 0 radical (unpaired) electrons. The molecule has 82 valence electrons. The van der Waals surface area contributed by atoms with Crippen LogP contribution in [0.2, 0.25) is 0 Å². The Labute approximate surface area is 91.4 Å². The first-order valence-electron chi connectivity index (χ1n) is 5.59. The molecule has 2 fully saturated rings. The lowest BCUT2D eigenvalue weighted by molar-refractivity contribution is -0.128. The molecular formula is C12H10FNO2. The lowest BCUT2D eigenvalue weighted by atomic mass is 9.50. The van der Waals surface area contributed by atoms with Crippen LogP contribution in [0, 0.1) is 35.5 Å². The van der Waals surface area contributed by atoms with E-state index in [0.717, 1.165) is 0 Å². The number of carbonyl (C=O) groups excluding carboxylic acids is 2. The summed E-state index contributed by atoms with van der Waals surface area (Å²) in [5.41, 5.74) is 0. The van der Waals surface area contributed by atoms with E-state index in [0.29, 0.717) is 0 Å². The smallest absolute Gasteiger partial charge is 0.231 e. The van der Waals surface area contributed by atoms with Gasteiger partial charge in [0.1, 0.15) is 5.83 Å². The summed E-state index contributed by atoms with van der Waals surface area (Å²) in [7, 11) is 0. The summed E-state index contributed by atoms with van der Waals surface area (Å²) in [5, 5.41) is 2.38. The molecule has 16 heavy (non-hydrogen) atoms. The molecule has 1 saturated carbocycles. The maximum Gasteiger partial charge on any atom is 0.231 e. The molecule has 6 atom stereocenters. The highest BCUT2D eigenvalue weighted by Crippen LogP contribution is 2.60. The first-order valence-corrected chi connectivity index (χ1v) is 5.59. The van der Waals surface area contributed by atoms with Gasteiger partial charge in [0.05, 0.1) is 11.8 Å². The van der Waals surface area contributed by atoms with Crippen LogP contribution in [0.15, 0.2) is 24.1 Å². The van der Waals surface area contributed by atoms with Crippen LogP contribution in [0.25, 0.3) is 0 Å². The van der Waals surface area contributed by atoms with Gasteiger partial charge in [0, 0.05) is 5.92 Å². The third-order valence-corrected chi connectivity index (χ3v) is 4.57. The Balaban J connectivity index is 1.86. The number of imide groups is 1. The SMILES string of the molecule is O=C1NC(=O)[C@@H]2[C@@H]3C=C[C@H]([C@H]4C=C(F)[C@@H]43)[C@@H]12. The van der Waals surface area contributed by atoms with Crippen LogP contribution in [0.1, 0.15) is 0 Å². The van der Waals surface area contributed by atoms with Gasteiger partial charge in [-0.15, -0.1) is 0 Å². The van der Waals surface area contributed by atoms with Crippen LogP contribution < -0.4 is 5.32 Å². The van der Waals surface area contributed by atoms with Gasteiger partial charge in [-0.3, -0.25) is 14.9 Å². The van der Waals surface area contributed by atoms with Crippen molar-refractivity contribution in [3.8, 4) is 0 Å². The van der Waals surface area contributed by atoms with Crippen LogP contribution in [0.3, 0.4) is 0 Å². The molecule has 0 aromatic rings. The largest absolute Gasteiger partial charge is 0.296 e. The average molecular weight is 219 g/mol. The topological polar surface area (TPSA) is 46.2 Å². The Morgan fingerprint density at radius 3 is 2.25 bits per heavy atom. The molecule has 2 amide bonds. The van der Waals surface area contributed by atoms with Crippen molar-refractivity contribution in [3.05, 3.63) is 24.1 Å².